The van der Waals surface area contributed by atoms with Gasteiger partial charge in [0.1, 0.15) is 5.82 Å². The average molecular weight is 414 g/mol. The Morgan fingerprint density at radius 1 is 1.11 bits per heavy atom. The quantitative estimate of drug-likeness (QED) is 0.712. The Hall–Kier alpha value is -2.68. The molecule has 0 bridgehead atoms. The first-order chi connectivity index (χ1) is 13.3. The maximum atomic E-state index is 13.1. The molecule has 10 heteroatoms. The van der Waals surface area contributed by atoms with Crippen molar-refractivity contribution in [1.82, 2.24) is 9.80 Å². The average Bonchev–Trinajstić information content (AvgIpc) is 2.67. The van der Waals surface area contributed by atoms with Crippen LogP contribution in [0.4, 0.5) is 10.1 Å². The van der Waals surface area contributed by atoms with E-state index in [1.807, 2.05) is 0 Å². The monoisotopic (exact) mass is 413 g/mol. The molecule has 0 radical (unpaired) electrons. The minimum Gasteiger partial charge on any atom is -0.456 e. The number of benzene rings is 1. The molecule has 0 spiro atoms. The van der Waals surface area contributed by atoms with Crippen LogP contribution in [-0.2, 0) is 23.9 Å². The van der Waals surface area contributed by atoms with Gasteiger partial charge in [-0.3, -0.25) is 19.2 Å². The number of hydrogen-bond acceptors (Lipinski definition) is 5. The molecule has 0 atom stereocenters. The molecule has 1 aliphatic heterocycles. The topological polar surface area (TPSA) is 96.0 Å². The molecule has 8 nitrogen and oxygen atoms in total. The highest BCUT2D eigenvalue weighted by atomic mass is 35.5. The van der Waals surface area contributed by atoms with Crippen LogP contribution in [0.15, 0.2) is 18.2 Å². The van der Waals surface area contributed by atoms with Gasteiger partial charge < -0.3 is 19.9 Å². The maximum Gasteiger partial charge on any atom is 0.306 e. The molecule has 2 rings (SSSR count). The van der Waals surface area contributed by atoms with E-state index in [0.717, 1.165) is 6.07 Å². The summed E-state index contributed by atoms with van der Waals surface area (Å²) in [6.07, 6.45) is -0.185. The molecule has 1 aliphatic rings. The smallest absolute Gasteiger partial charge is 0.306 e. The number of carbonyl (C=O) groups is 4. The largest absolute Gasteiger partial charge is 0.456 e. The van der Waals surface area contributed by atoms with E-state index < -0.39 is 24.3 Å². The van der Waals surface area contributed by atoms with Gasteiger partial charge in [0.15, 0.2) is 6.61 Å². The summed E-state index contributed by atoms with van der Waals surface area (Å²) in [6.45, 7) is 2.75. The number of ether oxygens (including phenoxy) is 1. The van der Waals surface area contributed by atoms with Gasteiger partial charge in [-0.1, -0.05) is 11.6 Å². The van der Waals surface area contributed by atoms with Crippen LogP contribution < -0.4 is 5.32 Å². The van der Waals surface area contributed by atoms with Gasteiger partial charge in [-0.05, 0) is 18.2 Å². The van der Waals surface area contributed by atoms with Crippen molar-refractivity contribution >= 4 is 41.0 Å². The van der Waals surface area contributed by atoms with Crippen molar-refractivity contribution in [2.45, 2.75) is 19.8 Å². The van der Waals surface area contributed by atoms with Crippen molar-refractivity contribution < 1.29 is 28.3 Å². The van der Waals surface area contributed by atoms with Crippen molar-refractivity contribution in [1.29, 1.82) is 0 Å². The third-order valence-electron chi connectivity index (χ3n) is 4.19. The molecule has 1 aromatic carbocycles. The van der Waals surface area contributed by atoms with Crippen molar-refractivity contribution in [3.63, 3.8) is 0 Å². The van der Waals surface area contributed by atoms with Gasteiger partial charge in [-0.25, -0.2) is 4.39 Å². The van der Waals surface area contributed by atoms with Crippen LogP contribution in [-0.4, -0.2) is 66.3 Å². The number of amides is 3. The Bertz CT molecular complexity index is 766. The second kappa shape index (κ2) is 10.0. The lowest BCUT2D eigenvalue weighted by Crippen LogP contribution is -2.50. The van der Waals surface area contributed by atoms with Crippen LogP contribution in [0.25, 0.3) is 0 Å². The highest BCUT2D eigenvalue weighted by molar-refractivity contribution is 6.31. The van der Waals surface area contributed by atoms with Gasteiger partial charge >= 0.3 is 5.97 Å². The molecule has 1 heterocycles. The number of piperazine rings is 1. The summed E-state index contributed by atoms with van der Waals surface area (Å²) in [5.74, 6) is -2.13. The second-order valence-electron chi connectivity index (χ2n) is 6.22. The lowest BCUT2D eigenvalue weighted by molar-refractivity contribution is -0.149. The van der Waals surface area contributed by atoms with Crippen LogP contribution in [0.1, 0.15) is 19.8 Å². The van der Waals surface area contributed by atoms with E-state index in [1.165, 1.54) is 19.1 Å². The molecule has 0 saturated carbocycles. The molecular weight excluding hydrogens is 393 g/mol. The predicted molar refractivity (Wildman–Crippen MR) is 99.1 cm³/mol. The highest BCUT2D eigenvalue weighted by Gasteiger charge is 2.22. The third kappa shape index (κ3) is 6.49. The van der Waals surface area contributed by atoms with Gasteiger partial charge in [0.25, 0.3) is 5.91 Å². The fourth-order valence-electron chi connectivity index (χ4n) is 2.63. The number of nitrogens with zero attached hydrogens (tertiary/aromatic N) is 2. The first kappa shape index (κ1) is 21.6. The normalized spacial score (nSPS) is 13.8. The summed E-state index contributed by atoms with van der Waals surface area (Å²) in [6, 6.07) is 3.67. The maximum absolute atomic E-state index is 13.1. The first-order valence-electron chi connectivity index (χ1n) is 8.70. The molecule has 1 saturated heterocycles. The second-order valence-corrected chi connectivity index (χ2v) is 6.63. The minimum absolute atomic E-state index is 0.0307. The summed E-state index contributed by atoms with van der Waals surface area (Å²) >= 11 is 5.62. The summed E-state index contributed by atoms with van der Waals surface area (Å²) in [4.78, 5) is 50.1. The number of hydrogen-bond donors (Lipinski definition) is 1. The van der Waals surface area contributed by atoms with Crippen LogP contribution in [0.5, 0.6) is 0 Å². The van der Waals surface area contributed by atoms with Crippen LogP contribution >= 0.6 is 11.6 Å². The minimum atomic E-state index is -0.678. The van der Waals surface area contributed by atoms with Crippen molar-refractivity contribution in [3.8, 4) is 0 Å². The molecule has 1 aromatic rings. The van der Waals surface area contributed by atoms with Crippen molar-refractivity contribution in [2.75, 3.05) is 38.1 Å². The molecule has 28 heavy (non-hydrogen) atoms. The lowest BCUT2D eigenvalue weighted by Gasteiger charge is -2.34. The Kier molecular flexibility index (Phi) is 7.74. The van der Waals surface area contributed by atoms with Crippen LogP contribution in [0.3, 0.4) is 0 Å². The van der Waals surface area contributed by atoms with E-state index in [0.29, 0.717) is 26.2 Å². The summed E-state index contributed by atoms with van der Waals surface area (Å²) in [5.41, 5.74) is 0.271. The Morgan fingerprint density at radius 3 is 2.36 bits per heavy atom. The summed E-state index contributed by atoms with van der Waals surface area (Å²) in [5, 5.41) is 2.28. The lowest BCUT2D eigenvalue weighted by atomic mass is 10.2. The molecular formula is C18H21ClFN3O5. The Balaban J connectivity index is 1.66. The zero-order valence-corrected chi connectivity index (χ0v) is 16.1. The van der Waals surface area contributed by atoms with E-state index in [-0.39, 0.29) is 35.4 Å². The van der Waals surface area contributed by atoms with Crippen molar-refractivity contribution in [3.05, 3.63) is 29.0 Å². The van der Waals surface area contributed by atoms with Crippen LogP contribution in [0.2, 0.25) is 5.02 Å². The molecule has 0 aromatic heterocycles. The number of anilines is 1. The molecule has 152 valence electrons. The van der Waals surface area contributed by atoms with Gasteiger partial charge in [-0.15, -0.1) is 0 Å². The van der Waals surface area contributed by atoms with E-state index in [9.17, 15) is 23.6 Å². The third-order valence-corrected chi connectivity index (χ3v) is 4.48. The molecule has 0 aliphatic carbocycles. The zero-order valence-electron chi connectivity index (χ0n) is 15.4. The SMILES string of the molecule is CC(=O)N1CCN(C(=O)CCC(=O)OCC(=O)Nc2ccc(F)c(Cl)c2)CC1. The van der Waals surface area contributed by atoms with E-state index in [4.69, 9.17) is 16.3 Å². The molecule has 1 fully saturated rings. The molecule has 0 unspecified atom stereocenters. The summed E-state index contributed by atoms with van der Waals surface area (Å²) < 4.78 is 17.9. The van der Waals surface area contributed by atoms with E-state index >= 15 is 0 Å². The molecule has 3 amide bonds. The van der Waals surface area contributed by atoms with Crippen LogP contribution in [0, 0.1) is 5.82 Å². The van der Waals surface area contributed by atoms with Gasteiger partial charge in [0, 0.05) is 45.2 Å². The number of halogens is 2. The fraction of sp³-hybridized carbons (Fsp3) is 0.444. The summed E-state index contributed by atoms with van der Waals surface area (Å²) in [7, 11) is 0. The van der Waals surface area contributed by atoms with E-state index in [1.54, 1.807) is 9.80 Å². The first-order valence-corrected chi connectivity index (χ1v) is 9.08. The van der Waals surface area contributed by atoms with Crippen molar-refractivity contribution in [2.24, 2.45) is 0 Å². The number of nitrogens with one attached hydrogen (secondary N) is 1. The van der Waals surface area contributed by atoms with Gasteiger partial charge in [0.05, 0.1) is 11.4 Å². The standard InChI is InChI=1S/C18H21ClFN3O5/c1-12(24)22-6-8-23(9-7-22)17(26)4-5-18(27)28-11-16(25)21-13-2-3-15(20)14(19)10-13/h2-3,10H,4-9,11H2,1H3,(H,21,25). The van der Waals surface area contributed by atoms with E-state index in [2.05, 4.69) is 5.32 Å². The van der Waals surface area contributed by atoms with Gasteiger partial charge in [-0.2, -0.15) is 0 Å². The molecule has 1 N–H and O–H groups in total. The highest BCUT2D eigenvalue weighted by Crippen LogP contribution is 2.19. The zero-order chi connectivity index (χ0) is 20.7. The number of esters is 1. The number of rotatable bonds is 6. The Labute approximate surface area is 166 Å². The predicted octanol–water partition coefficient (Wildman–Crippen LogP) is 1.43. The number of carbonyl (C=O) groups excluding carboxylic acids is 4. The van der Waals surface area contributed by atoms with Gasteiger partial charge in [0.2, 0.25) is 11.8 Å². The fourth-order valence-corrected chi connectivity index (χ4v) is 2.81. The Morgan fingerprint density at radius 2 is 1.75 bits per heavy atom.